The molecule has 0 aliphatic heterocycles. The minimum Gasteiger partial charge on any atom is -0.0622 e. The molecule has 8 aromatic carbocycles. The van der Waals surface area contributed by atoms with Crippen molar-refractivity contribution >= 4 is 43.1 Å². The van der Waals surface area contributed by atoms with Crippen molar-refractivity contribution in [2.45, 2.75) is 6.92 Å². The summed E-state index contributed by atoms with van der Waals surface area (Å²) >= 11 is 0. The normalized spacial score (nSPS) is 11.5. The van der Waals surface area contributed by atoms with Gasteiger partial charge in [-0.25, -0.2) is 0 Å². The Hall–Kier alpha value is -5.20. The summed E-state index contributed by atoms with van der Waals surface area (Å²) in [6.07, 6.45) is 0. The van der Waals surface area contributed by atoms with E-state index in [2.05, 4.69) is 159 Å². The van der Waals surface area contributed by atoms with Crippen molar-refractivity contribution in [2.24, 2.45) is 0 Å². The Kier molecular flexibility index (Phi) is 5.47. The lowest BCUT2D eigenvalue weighted by molar-refractivity contribution is 1.51. The van der Waals surface area contributed by atoms with Crippen LogP contribution in [0, 0.1) is 6.92 Å². The summed E-state index contributed by atoms with van der Waals surface area (Å²) in [5.74, 6) is 0. The van der Waals surface area contributed by atoms with Gasteiger partial charge < -0.3 is 0 Å². The van der Waals surface area contributed by atoms with Crippen LogP contribution in [0.4, 0.5) is 0 Å². The highest BCUT2D eigenvalue weighted by atomic mass is 14.2. The molecule has 0 unspecified atom stereocenters. The van der Waals surface area contributed by atoms with E-state index in [1.807, 2.05) is 0 Å². The summed E-state index contributed by atoms with van der Waals surface area (Å²) in [5.41, 5.74) is 8.91. The molecule has 0 N–H and O–H groups in total. The van der Waals surface area contributed by atoms with Crippen molar-refractivity contribution in [1.29, 1.82) is 0 Å². The highest BCUT2D eigenvalue weighted by Crippen LogP contribution is 2.48. The van der Waals surface area contributed by atoms with E-state index >= 15 is 0 Å². The van der Waals surface area contributed by atoms with E-state index in [9.17, 15) is 0 Å². The van der Waals surface area contributed by atoms with Gasteiger partial charge in [-0.1, -0.05) is 145 Å². The average Bonchev–Trinajstić information content (AvgIpc) is 3.03. The fraction of sp³-hybridized carbons (Fsp3) is 0.0244. The van der Waals surface area contributed by atoms with Gasteiger partial charge in [0.05, 0.1) is 0 Å². The third-order valence-corrected chi connectivity index (χ3v) is 8.48. The van der Waals surface area contributed by atoms with Gasteiger partial charge in [-0.3, -0.25) is 0 Å². The largest absolute Gasteiger partial charge is 0.0622 e. The third-order valence-electron chi connectivity index (χ3n) is 8.48. The quantitative estimate of drug-likeness (QED) is 0.203. The molecule has 0 spiro atoms. The lowest BCUT2D eigenvalue weighted by Gasteiger charge is -2.21. The van der Waals surface area contributed by atoms with Crippen molar-refractivity contribution in [1.82, 2.24) is 0 Å². The maximum Gasteiger partial charge on any atom is -0.00199 e. The smallest absolute Gasteiger partial charge is 0.00199 e. The van der Waals surface area contributed by atoms with Crippen molar-refractivity contribution < 1.29 is 0 Å². The molecule has 0 radical (unpaired) electrons. The summed E-state index contributed by atoms with van der Waals surface area (Å²) in [6.45, 7) is 2.20. The Bertz CT molecular complexity index is 2250. The van der Waals surface area contributed by atoms with Crippen LogP contribution in [0.3, 0.4) is 0 Å². The number of aryl methyl sites for hydroxylation is 1. The summed E-state index contributed by atoms with van der Waals surface area (Å²) in [6, 6.07) is 55.7. The number of rotatable bonds is 3. The molecule has 0 aliphatic rings. The lowest BCUT2D eigenvalue weighted by atomic mass is 9.82. The van der Waals surface area contributed by atoms with Gasteiger partial charge in [-0.2, -0.15) is 0 Å². The zero-order valence-electron chi connectivity index (χ0n) is 22.9. The molecule has 0 aromatic heterocycles. The summed E-state index contributed by atoms with van der Waals surface area (Å²) in [5, 5.41) is 10.2. The van der Waals surface area contributed by atoms with E-state index in [-0.39, 0.29) is 0 Å². The van der Waals surface area contributed by atoms with Gasteiger partial charge in [0.1, 0.15) is 0 Å². The predicted molar refractivity (Wildman–Crippen MR) is 178 cm³/mol. The van der Waals surface area contributed by atoms with Crippen LogP contribution in [-0.2, 0) is 0 Å². The zero-order valence-corrected chi connectivity index (χ0v) is 22.9. The van der Waals surface area contributed by atoms with Gasteiger partial charge in [0.15, 0.2) is 0 Å². The Balaban J connectivity index is 1.58. The Morgan fingerprint density at radius 1 is 0.317 bits per heavy atom. The molecule has 0 atom stereocenters. The Labute approximate surface area is 240 Å². The Morgan fingerprint density at radius 2 is 0.854 bits per heavy atom. The van der Waals surface area contributed by atoms with Crippen LogP contribution < -0.4 is 0 Å². The number of hydrogen-bond donors (Lipinski definition) is 0. The summed E-state index contributed by atoms with van der Waals surface area (Å²) < 4.78 is 0. The Morgan fingerprint density at radius 3 is 1.59 bits per heavy atom. The highest BCUT2D eigenvalue weighted by Gasteiger charge is 2.20. The molecule has 0 amide bonds. The van der Waals surface area contributed by atoms with Crippen molar-refractivity contribution in [2.75, 3.05) is 0 Å². The minimum atomic E-state index is 1.23. The third kappa shape index (κ3) is 3.84. The van der Waals surface area contributed by atoms with E-state index in [1.165, 1.54) is 82.0 Å². The number of fused-ring (bicyclic) bond motifs is 4. The lowest BCUT2D eigenvalue weighted by Crippen LogP contribution is -1.94. The zero-order chi connectivity index (χ0) is 27.3. The molecule has 0 fully saturated rings. The monoisotopic (exact) mass is 520 g/mol. The fourth-order valence-corrected chi connectivity index (χ4v) is 6.62. The molecule has 0 aliphatic carbocycles. The van der Waals surface area contributed by atoms with E-state index in [0.29, 0.717) is 0 Å². The minimum absolute atomic E-state index is 1.23. The van der Waals surface area contributed by atoms with Gasteiger partial charge in [0.2, 0.25) is 0 Å². The molecular weight excluding hydrogens is 492 g/mol. The van der Waals surface area contributed by atoms with Crippen molar-refractivity contribution in [3.8, 4) is 33.4 Å². The van der Waals surface area contributed by atoms with Gasteiger partial charge in [-0.15, -0.1) is 0 Å². The second-order valence-corrected chi connectivity index (χ2v) is 11.0. The molecule has 0 saturated carbocycles. The first kappa shape index (κ1) is 23.7. The second-order valence-electron chi connectivity index (χ2n) is 11.0. The van der Waals surface area contributed by atoms with Crippen LogP contribution in [0.2, 0.25) is 0 Å². The topological polar surface area (TPSA) is 0 Å². The molecule has 41 heavy (non-hydrogen) atoms. The summed E-state index contributed by atoms with van der Waals surface area (Å²) in [7, 11) is 0. The van der Waals surface area contributed by atoms with Crippen LogP contribution in [0.1, 0.15) is 5.56 Å². The number of hydrogen-bond acceptors (Lipinski definition) is 0. The molecule has 0 nitrogen and oxygen atoms in total. The first-order chi connectivity index (χ1) is 20.3. The summed E-state index contributed by atoms with van der Waals surface area (Å²) in [4.78, 5) is 0. The van der Waals surface area contributed by atoms with E-state index in [1.54, 1.807) is 0 Å². The molecule has 0 bridgehead atoms. The van der Waals surface area contributed by atoms with Crippen LogP contribution in [-0.4, -0.2) is 0 Å². The maximum absolute atomic E-state index is 2.40. The molecule has 192 valence electrons. The highest BCUT2D eigenvalue weighted by molar-refractivity contribution is 6.24. The predicted octanol–water partition coefficient (Wildman–Crippen LogP) is 11.6. The van der Waals surface area contributed by atoms with Crippen LogP contribution in [0.25, 0.3) is 76.5 Å². The molecule has 8 rings (SSSR count). The van der Waals surface area contributed by atoms with Gasteiger partial charge in [-0.05, 0) is 95.5 Å². The maximum atomic E-state index is 2.40. The second kappa shape index (κ2) is 9.47. The van der Waals surface area contributed by atoms with Crippen molar-refractivity contribution in [3.05, 3.63) is 157 Å². The fourth-order valence-electron chi connectivity index (χ4n) is 6.62. The molecule has 0 heterocycles. The van der Waals surface area contributed by atoms with Gasteiger partial charge in [0.25, 0.3) is 0 Å². The van der Waals surface area contributed by atoms with Crippen LogP contribution in [0.15, 0.2) is 152 Å². The first-order valence-corrected chi connectivity index (χ1v) is 14.3. The van der Waals surface area contributed by atoms with Crippen LogP contribution in [0.5, 0.6) is 0 Å². The van der Waals surface area contributed by atoms with Gasteiger partial charge >= 0.3 is 0 Å². The standard InChI is InChI=1S/C41H28/c1-27-22-23-36-38(24-27)40(33-21-11-17-28-14-7-8-18-32(28)33)34-19-9-10-20-35(34)41(36)39-26-31-16-6-5-15-30(31)25-37(39)29-12-3-2-4-13-29/h2-26H,1H3. The van der Waals surface area contributed by atoms with Gasteiger partial charge in [0, 0.05) is 0 Å². The SMILES string of the molecule is Cc1ccc2c(-c3cc4ccccc4cc3-c3ccccc3)c3ccccc3c(-c3cccc4ccccc34)c2c1. The van der Waals surface area contributed by atoms with E-state index in [4.69, 9.17) is 0 Å². The van der Waals surface area contributed by atoms with Crippen LogP contribution >= 0.6 is 0 Å². The van der Waals surface area contributed by atoms with E-state index < -0.39 is 0 Å². The molecule has 8 aromatic rings. The number of benzene rings is 8. The molecule has 0 saturated heterocycles. The molecule has 0 heteroatoms. The molecular formula is C41H28. The average molecular weight is 521 g/mol. The van der Waals surface area contributed by atoms with E-state index in [0.717, 1.165) is 0 Å². The van der Waals surface area contributed by atoms with Crippen molar-refractivity contribution in [3.63, 3.8) is 0 Å². The first-order valence-electron chi connectivity index (χ1n) is 14.3.